The zero-order chi connectivity index (χ0) is 37.2. The van der Waals surface area contributed by atoms with Gasteiger partial charge in [-0.3, -0.25) is 14.5 Å². The average molecular weight is 724 g/mol. The molecule has 4 heterocycles. The number of hydrogen-bond donors (Lipinski definition) is 4. The van der Waals surface area contributed by atoms with Crippen molar-refractivity contribution in [3.63, 3.8) is 0 Å². The zero-order valence-electron chi connectivity index (χ0n) is 30.3. The van der Waals surface area contributed by atoms with Gasteiger partial charge in [0.25, 0.3) is 0 Å². The Morgan fingerprint density at radius 2 is 1.96 bits per heavy atom. The number of H-pyrrole nitrogens is 1. The average Bonchev–Trinajstić information content (AvgIpc) is 3.17. The van der Waals surface area contributed by atoms with E-state index in [1.807, 2.05) is 6.07 Å². The second kappa shape index (κ2) is 17.8. The lowest BCUT2D eigenvalue weighted by atomic mass is 9.89. The summed E-state index contributed by atoms with van der Waals surface area (Å²) in [5.74, 6) is 0.685. The number of rotatable bonds is 15. The largest absolute Gasteiger partial charge is 0.506 e. The highest BCUT2D eigenvalue weighted by atomic mass is 16.5. The maximum Gasteiger partial charge on any atom is 0.248 e. The van der Waals surface area contributed by atoms with Crippen LogP contribution in [0.1, 0.15) is 47.6 Å². The molecule has 53 heavy (non-hydrogen) atoms. The summed E-state index contributed by atoms with van der Waals surface area (Å²) in [5, 5.41) is 34.1. The molecule has 0 bridgehead atoms. The van der Waals surface area contributed by atoms with Crippen LogP contribution in [0.5, 0.6) is 5.75 Å². The first-order chi connectivity index (χ1) is 25.7. The van der Waals surface area contributed by atoms with Crippen molar-refractivity contribution in [1.29, 1.82) is 5.26 Å². The molecule has 2 fully saturated rings. The fraction of sp³-hybridized carbons (Fsp3) is 0.450. The van der Waals surface area contributed by atoms with Gasteiger partial charge in [-0.15, -0.1) is 0 Å². The van der Waals surface area contributed by atoms with Crippen molar-refractivity contribution < 1.29 is 24.5 Å². The number of morpholine rings is 1. The molecule has 0 saturated carbocycles. The number of phenols is 1. The Morgan fingerprint density at radius 3 is 2.79 bits per heavy atom. The van der Waals surface area contributed by atoms with Crippen molar-refractivity contribution in [3.8, 4) is 11.8 Å². The number of aromatic hydroxyl groups is 1. The first kappa shape index (κ1) is 37.9. The van der Waals surface area contributed by atoms with Crippen LogP contribution in [0.25, 0.3) is 10.9 Å². The molecule has 2 aliphatic rings. The molecule has 6 rings (SSSR count). The number of nitrogens with zero attached hydrogens (tertiary/aromatic N) is 5. The van der Waals surface area contributed by atoms with Gasteiger partial charge in [0.15, 0.2) is 0 Å². The van der Waals surface area contributed by atoms with Gasteiger partial charge in [0, 0.05) is 77.1 Å². The number of hydrogen-bond acceptors (Lipinski definition) is 11. The summed E-state index contributed by atoms with van der Waals surface area (Å²) in [4.78, 5) is 37.8. The lowest BCUT2D eigenvalue weighted by Gasteiger charge is -2.47. The number of aromatic nitrogens is 2. The molecule has 13 heteroatoms. The number of likely N-dealkylation sites (N-methyl/N-ethyl adjacent to an activating group) is 1. The van der Waals surface area contributed by atoms with Crippen LogP contribution >= 0.6 is 0 Å². The number of anilines is 1. The van der Waals surface area contributed by atoms with Gasteiger partial charge in [-0.1, -0.05) is 30.3 Å². The first-order valence-electron chi connectivity index (χ1n) is 18.3. The van der Waals surface area contributed by atoms with Crippen molar-refractivity contribution in [3.05, 3.63) is 99.5 Å². The number of phenolic OH excluding ortho intramolecular Hbond substituents is 1. The summed E-state index contributed by atoms with van der Waals surface area (Å²) in [6, 6.07) is 20.6. The molecule has 1 atom stereocenters. The zero-order valence-corrected chi connectivity index (χ0v) is 30.3. The molecule has 280 valence electrons. The number of aliphatic hydroxyl groups excluding tert-OH is 1. The highest BCUT2D eigenvalue weighted by Gasteiger charge is 2.40. The molecule has 1 spiro atoms. The molecule has 13 nitrogen and oxygen atoms in total. The Balaban J connectivity index is 0.858. The smallest absolute Gasteiger partial charge is 0.248 e. The van der Waals surface area contributed by atoms with Crippen LogP contribution in [0.4, 0.5) is 5.82 Å². The van der Waals surface area contributed by atoms with E-state index in [9.17, 15) is 25.1 Å². The van der Waals surface area contributed by atoms with E-state index in [0.29, 0.717) is 54.9 Å². The summed E-state index contributed by atoms with van der Waals surface area (Å²) in [6.07, 6.45) is 3.80. The number of nitrogens with one attached hydrogen (secondary N) is 2. The maximum atomic E-state index is 12.7. The topological polar surface area (TPSA) is 167 Å². The molecule has 4 N–H and O–H groups in total. The van der Waals surface area contributed by atoms with E-state index in [2.05, 4.69) is 55.4 Å². The van der Waals surface area contributed by atoms with E-state index in [4.69, 9.17) is 9.47 Å². The van der Waals surface area contributed by atoms with Gasteiger partial charge < -0.3 is 39.8 Å². The number of aromatic amines is 1. The maximum absolute atomic E-state index is 12.7. The highest BCUT2D eigenvalue weighted by molar-refractivity contribution is 5.87. The Kier molecular flexibility index (Phi) is 12.7. The van der Waals surface area contributed by atoms with Crippen LogP contribution in [0.2, 0.25) is 0 Å². The molecule has 0 aliphatic carbocycles. The van der Waals surface area contributed by atoms with Gasteiger partial charge in [-0.05, 0) is 60.2 Å². The lowest BCUT2D eigenvalue weighted by Crippen LogP contribution is -2.57. The molecule has 0 unspecified atom stereocenters. The summed E-state index contributed by atoms with van der Waals surface area (Å²) < 4.78 is 12.2. The van der Waals surface area contributed by atoms with Gasteiger partial charge in [-0.25, -0.2) is 4.98 Å². The minimum Gasteiger partial charge on any atom is -0.506 e. The molecule has 4 aromatic rings. The number of fused-ring (bicyclic) bond motifs is 1. The first-order valence-corrected chi connectivity index (χ1v) is 18.3. The van der Waals surface area contributed by atoms with Crippen LogP contribution in [-0.2, 0) is 27.2 Å². The van der Waals surface area contributed by atoms with Crippen molar-refractivity contribution in [2.24, 2.45) is 0 Å². The number of carbonyl (C=O) groups is 1. The molecule has 1 amide bonds. The van der Waals surface area contributed by atoms with E-state index < -0.39 is 6.10 Å². The molecule has 2 aliphatic heterocycles. The number of pyridine rings is 2. The third-order valence-electron chi connectivity index (χ3n) is 10.3. The fourth-order valence-electron chi connectivity index (χ4n) is 7.24. The van der Waals surface area contributed by atoms with Crippen molar-refractivity contribution in [2.45, 2.75) is 43.9 Å². The van der Waals surface area contributed by atoms with E-state index >= 15 is 0 Å². The SMILES string of the molecule is CN(CCNC[C@H](O)c1ccc(O)c2[nH]c(=O)ccc12)C(=O)CCOCCc1cccc(CN2CCC3(CC2)CN(c2ncccc2C#N)CCO3)c1. The molecular formula is C40H49N7O6. The number of likely N-dealkylation sites (tertiary alicyclic amines) is 1. The van der Waals surface area contributed by atoms with Crippen LogP contribution in [0.15, 0.2) is 71.7 Å². The van der Waals surface area contributed by atoms with Gasteiger partial charge in [0.1, 0.15) is 17.6 Å². The van der Waals surface area contributed by atoms with Crippen molar-refractivity contribution in [2.75, 3.05) is 77.6 Å². The molecule has 2 saturated heterocycles. The Bertz CT molecular complexity index is 1950. The number of aliphatic hydroxyl groups is 1. The summed E-state index contributed by atoms with van der Waals surface area (Å²) in [7, 11) is 1.75. The summed E-state index contributed by atoms with van der Waals surface area (Å²) in [6.45, 7) is 6.96. The van der Waals surface area contributed by atoms with E-state index in [-0.39, 0.29) is 35.8 Å². The van der Waals surface area contributed by atoms with E-state index in [1.54, 1.807) is 36.3 Å². The Labute approximate surface area is 309 Å². The van der Waals surface area contributed by atoms with E-state index in [1.165, 1.54) is 23.3 Å². The quantitative estimate of drug-likeness (QED) is 0.133. The third kappa shape index (κ3) is 9.78. The highest BCUT2D eigenvalue weighted by Crippen LogP contribution is 2.33. The minimum atomic E-state index is -0.862. The van der Waals surface area contributed by atoms with Gasteiger partial charge in [0.05, 0.1) is 49.0 Å². The van der Waals surface area contributed by atoms with Crippen LogP contribution in [0, 0.1) is 11.3 Å². The number of piperidine rings is 1. The monoisotopic (exact) mass is 723 g/mol. The number of ether oxygens (including phenoxy) is 2. The predicted molar refractivity (Wildman–Crippen MR) is 202 cm³/mol. The Hall–Kier alpha value is -4.84. The van der Waals surface area contributed by atoms with Crippen molar-refractivity contribution >= 4 is 22.6 Å². The third-order valence-corrected chi connectivity index (χ3v) is 10.3. The second-order valence-corrected chi connectivity index (χ2v) is 14.0. The molecule has 2 aromatic heterocycles. The minimum absolute atomic E-state index is 0.0128. The summed E-state index contributed by atoms with van der Waals surface area (Å²) >= 11 is 0. The Morgan fingerprint density at radius 1 is 1.13 bits per heavy atom. The fourth-order valence-corrected chi connectivity index (χ4v) is 7.24. The molecule has 0 radical (unpaired) electrons. The van der Waals surface area contributed by atoms with Crippen LogP contribution in [0.3, 0.4) is 0 Å². The number of carbonyl (C=O) groups excluding carboxylic acids is 1. The molecular weight excluding hydrogens is 674 g/mol. The number of benzene rings is 2. The van der Waals surface area contributed by atoms with E-state index in [0.717, 1.165) is 57.8 Å². The second-order valence-electron chi connectivity index (χ2n) is 14.0. The summed E-state index contributed by atoms with van der Waals surface area (Å²) in [5.41, 5.74) is 3.41. The number of amides is 1. The predicted octanol–water partition coefficient (Wildman–Crippen LogP) is 3.10. The van der Waals surface area contributed by atoms with Crippen LogP contribution in [-0.4, -0.2) is 114 Å². The van der Waals surface area contributed by atoms with Gasteiger partial charge in [0.2, 0.25) is 11.5 Å². The van der Waals surface area contributed by atoms with Crippen molar-refractivity contribution in [1.82, 2.24) is 25.1 Å². The number of nitriles is 1. The standard InChI is InChI=1S/C40H49N7O6/c1-45(19-16-42-26-35(49)32-7-9-34(48)38-33(32)8-10-36(50)44-38)37(51)12-22-52-21-11-29-4-2-5-30(24-29)27-46-17-13-40(14-18-46)28-47(20-23-53-40)39-31(25-41)6-3-15-43-39/h2-10,15,24,35,42,48-49H,11-14,16-23,26-28H2,1H3,(H,44,50)/t35-/m0/s1. The van der Waals surface area contributed by atoms with Gasteiger partial charge >= 0.3 is 0 Å². The van der Waals surface area contributed by atoms with Crippen LogP contribution < -0.4 is 15.8 Å². The van der Waals surface area contributed by atoms with Gasteiger partial charge in [-0.2, -0.15) is 5.26 Å². The molecule has 2 aromatic carbocycles. The lowest BCUT2D eigenvalue weighted by molar-refractivity contribution is -0.131. The normalized spacial score (nSPS) is 16.4.